The second-order valence-corrected chi connectivity index (χ2v) is 7.06. The van der Waals surface area contributed by atoms with Crippen molar-refractivity contribution in [1.29, 1.82) is 0 Å². The van der Waals surface area contributed by atoms with Gasteiger partial charge in [0, 0.05) is 13.2 Å². The number of hydrogen-bond donors (Lipinski definition) is 1. The summed E-state index contributed by atoms with van der Waals surface area (Å²) >= 11 is 0. The zero-order chi connectivity index (χ0) is 16.0. The van der Waals surface area contributed by atoms with Gasteiger partial charge in [0.1, 0.15) is 0 Å². The quantitative estimate of drug-likeness (QED) is 0.392. The Morgan fingerprint density at radius 3 is 2.05 bits per heavy atom. The van der Waals surface area contributed by atoms with Crippen LogP contribution in [-0.2, 0) is 4.74 Å². The first kappa shape index (κ1) is 20.9. The molecule has 0 radical (unpaired) electrons. The zero-order valence-corrected chi connectivity index (χ0v) is 15.5. The number of methoxy groups -OCH3 is 1. The predicted molar refractivity (Wildman–Crippen MR) is 95.0 cm³/mol. The monoisotopic (exact) mass is 299 g/mol. The fraction of sp³-hybridized carbons (Fsp3) is 1.00. The topological polar surface area (TPSA) is 21.3 Å². The van der Waals surface area contributed by atoms with Crippen LogP contribution in [-0.4, -0.2) is 25.3 Å². The minimum atomic E-state index is 0.0201. The second-order valence-electron chi connectivity index (χ2n) is 7.06. The van der Waals surface area contributed by atoms with E-state index in [-0.39, 0.29) is 5.60 Å². The van der Waals surface area contributed by atoms with Crippen LogP contribution in [0.3, 0.4) is 0 Å². The van der Waals surface area contributed by atoms with Crippen LogP contribution < -0.4 is 5.32 Å². The first-order chi connectivity index (χ1) is 10.1. The molecule has 0 amide bonds. The molecule has 0 saturated heterocycles. The van der Waals surface area contributed by atoms with Gasteiger partial charge in [0.15, 0.2) is 0 Å². The van der Waals surface area contributed by atoms with Crippen molar-refractivity contribution in [2.45, 2.75) is 110 Å². The molecule has 128 valence electrons. The molecule has 1 N–H and O–H groups in total. The maximum absolute atomic E-state index is 5.55. The van der Waals surface area contributed by atoms with Crippen LogP contribution in [0.4, 0.5) is 0 Å². The van der Waals surface area contributed by atoms with Crippen LogP contribution in [0.2, 0.25) is 0 Å². The summed E-state index contributed by atoms with van der Waals surface area (Å²) in [5, 5.41) is 3.72. The van der Waals surface area contributed by atoms with Gasteiger partial charge in [0.2, 0.25) is 0 Å². The summed E-state index contributed by atoms with van der Waals surface area (Å²) in [5.41, 5.74) is 0.0201. The van der Waals surface area contributed by atoms with Gasteiger partial charge >= 0.3 is 0 Å². The Bertz CT molecular complexity index is 216. The highest BCUT2D eigenvalue weighted by atomic mass is 16.5. The van der Waals surface area contributed by atoms with E-state index in [2.05, 4.69) is 33.0 Å². The third-order valence-electron chi connectivity index (χ3n) is 4.49. The van der Waals surface area contributed by atoms with Gasteiger partial charge in [-0.1, -0.05) is 58.8 Å². The van der Waals surface area contributed by atoms with E-state index in [1.54, 1.807) is 0 Å². The highest BCUT2D eigenvalue weighted by Gasteiger charge is 2.18. The molecule has 0 aliphatic heterocycles. The first-order valence-electron chi connectivity index (χ1n) is 9.34. The minimum absolute atomic E-state index is 0.0201. The average Bonchev–Trinajstić information content (AvgIpc) is 2.48. The maximum atomic E-state index is 5.55. The van der Waals surface area contributed by atoms with Crippen molar-refractivity contribution in [2.24, 2.45) is 0 Å². The minimum Gasteiger partial charge on any atom is -0.379 e. The van der Waals surface area contributed by atoms with Crippen LogP contribution in [0.1, 0.15) is 98.3 Å². The Morgan fingerprint density at radius 2 is 1.48 bits per heavy atom. The average molecular weight is 300 g/mol. The summed E-state index contributed by atoms with van der Waals surface area (Å²) in [5.74, 6) is 0. The van der Waals surface area contributed by atoms with Gasteiger partial charge < -0.3 is 10.1 Å². The van der Waals surface area contributed by atoms with E-state index in [0.29, 0.717) is 6.04 Å². The van der Waals surface area contributed by atoms with Gasteiger partial charge in [0.25, 0.3) is 0 Å². The van der Waals surface area contributed by atoms with Gasteiger partial charge in [-0.25, -0.2) is 0 Å². The van der Waals surface area contributed by atoms with Crippen molar-refractivity contribution in [2.75, 3.05) is 13.7 Å². The van der Waals surface area contributed by atoms with Gasteiger partial charge in [-0.2, -0.15) is 0 Å². The maximum Gasteiger partial charge on any atom is 0.0623 e. The Hall–Kier alpha value is -0.0800. The number of hydrogen-bond acceptors (Lipinski definition) is 2. The standard InChI is InChI=1S/C19H41NO/c1-6-8-9-10-11-12-13-14-18(20-17-7-2)15-16-19(3,4)21-5/h18,20H,6-17H2,1-5H3. The van der Waals surface area contributed by atoms with Crippen LogP contribution in [0.15, 0.2) is 0 Å². The summed E-state index contributed by atoms with van der Waals surface area (Å²) < 4.78 is 5.55. The lowest BCUT2D eigenvalue weighted by Crippen LogP contribution is -2.33. The van der Waals surface area contributed by atoms with E-state index in [1.165, 1.54) is 64.2 Å². The van der Waals surface area contributed by atoms with E-state index in [4.69, 9.17) is 4.74 Å². The molecule has 0 aromatic heterocycles. The Kier molecular flexibility index (Phi) is 13.5. The van der Waals surface area contributed by atoms with Gasteiger partial charge in [-0.3, -0.25) is 0 Å². The molecule has 2 heteroatoms. The molecular weight excluding hydrogens is 258 g/mol. The summed E-state index contributed by atoms with van der Waals surface area (Å²) in [6.07, 6.45) is 14.7. The van der Waals surface area contributed by atoms with E-state index in [0.717, 1.165) is 13.0 Å². The number of unbranched alkanes of at least 4 members (excludes halogenated alkanes) is 6. The van der Waals surface area contributed by atoms with Gasteiger partial charge in [-0.05, 0) is 46.1 Å². The Labute approximate surface area is 134 Å². The lowest BCUT2D eigenvalue weighted by molar-refractivity contribution is 0.0115. The molecule has 1 unspecified atom stereocenters. The molecule has 0 aromatic carbocycles. The van der Waals surface area contributed by atoms with Crippen LogP contribution in [0, 0.1) is 0 Å². The molecule has 0 heterocycles. The molecule has 2 nitrogen and oxygen atoms in total. The summed E-state index contributed by atoms with van der Waals surface area (Å²) in [6, 6.07) is 0.676. The normalized spacial score (nSPS) is 13.6. The summed E-state index contributed by atoms with van der Waals surface area (Å²) in [4.78, 5) is 0. The number of nitrogens with one attached hydrogen (secondary N) is 1. The highest BCUT2D eigenvalue weighted by molar-refractivity contribution is 4.74. The molecule has 0 fully saturated rings. The SMILES string of the molecule is CCCCCCCCCC(CCC(C)(C)OC)NCCC. The van der Waals surface area contributed by atoms with Crippen molar-refractivity contribution in [1.82, 2.24) is 5.32 Å². The lowest BCUT2D eigenvalue weighted by atomic mass is 9.95. The third-order valence-corrected chi connectivity index (χ3v) is 4.49. The molecule has 21 heavy (non-hydrogen) atoms. The van der Waals surface area contributed by atoms with Gasteiger partial charge in [-0.15, -0.1) is 0 Å². The second kappa shape index (κ2) is 13.6. The van der Waals surface area contributed by atoms with Crippen LogP contribution in [0.25, 0.3) is 0 Å². The molecule has 0 bridgehead atoms. The summed E-state index contributed by atoms with van der Waals surface area (Å²) in [6.45, 7) is 10.1. The smallest absolute Gasteiger partial charge is 0.0623 e. The molecule has 0 spiro atoms. The van der Waals surface area contributed by atoms with Crippen molar-refractivity contribution in [3.8, 4) is 0 Å². The number of rotatable bonds is 15. The summed E-state index contributed by atoms with van der Waals surface area (Å²) in [7, 11) is 1.82. The fourth-order valence-corrected chi connectivity index (χ4v) is 2.67. The Morgan fingerprint density at radius 1 is 0.857 bits per heavy atom. The molecule has 1 atom stereocenters. The van der Waals surface area contributed by atoms with Crippen molar-refractivity contribution in [3.63, 3.8) is 0 Å². The van der Waals surface area contributed by atoms with Crippen molar-refractivity contribution in [3.05, 3.63) is 0 Å². The highest BCUT2D eigenvalue weighted by Crippen LogP contribution is 2.19. The fourth-order valence-electron chi connectivity index (χ4n) is 2.67. The van der Waals surface area contributed by atoms with Crippen LogP contribution >= 0.6 is 0 Å². The molecule has 0 aliphatic rings. The van der Waals surface area contributed by atoms with Crippen LogP contribution in [0.5, 0.6) is 0 Å². The molecular formula is C19H41NO. The molecule has 0 saturated carbocycles. The number of ether oxygens (including phenoxy) is 1. The molecule has 0 rings (SSSR count). The van der Waals surface area contributed by atoms with E-state index >= 15 is 0 Å². The predicted octanol–water partition coefficient (Wildman–Crippen LogP) is 5.70. The van der Waals surface area contributed by atoms with Crippen molar-refractivity contribution < 1.29 is 4.74 Å². The Balaban J connectivity index is 3.80. The van der Waals surface area contributed by atoms with Crippen molar-refractivity contribution >= 4 is 0 Å². The lowest BCUT2D eigenvalue weighted by Gasteiger charge is -2.26. The van der Waals surface area contributed by atoms with E-state index < -0.39 is 0 Å². The third kappa shape index (κ3) is 13.3. The zero-order valence-electron chi connectivity index (χ0n) is 15.5. The molecule has 0 aliphatic carbocycles. The first-order valence-corrected chi connectivity index (χ1v) is 9.34. The van der Waals surface area contributed by atoms with E-state index in [9.17, 15) is 0 Å². The largest absolute Gasteiger partial charge is 0.379 e. The van der Waals surface area contributed by atoms with Gasteiger partial charge in [0.05, 0.1) is 5.60 Å². The molecule has 0 aromatic rings. The van der Waals surface area contributed by atoms with E-state index in [1.807, 2.05) is 7.11 Å².